The molecular weight excluding hydrogens is 126 g/mol. The lowest BCUT2D eigenvalue weighted by Crippen LogP contribution is -2.34. The molecule has 2 unspecified atom stereocenters. The smallest absolute Gasteiger partial charge is 0.0968 e. The molecule has 1 saturated heterocycles. The molecule has 0 saturated carbocycles. The number of hydrogen-bond donors (Lipinski definition) is 2. The molecule has 56 valence electrons. The van der Waals surface area contributed by atoms with Crippen molar-refractivity contribution < 1.29 is 0 Å². The van der Waals surface area contributed by atoms with Crippen molar-refractivity contribution in [1.82, 2.24) is 10.6 Å². The van der Waals surface area contributed by atoms with Gasteiger partial charge in [0.2, 0.25) is 0 Å². The number of nitrogens with one attached hydrogen (secondary N) is 2. The highest BCUT2D eigenvalue weighted by Crippen LogP contribution is 2.11. The van der Waals surface area contributed by atoms with Gasteiger partial charge in [0.05, 0.1) is 17.9 Å². The minimum Gasteiger partial charge on any atom is -0.368 e. The molecule has 2 heterocycles. The first-order valence-electron chi connectivity index (χ1n) is 3.94. The quantitative estimate of drug-likeness (QED) is 0.525. The molecule has 3 nitrogen and oxygen atoms in total. The van der Waals surface area contributed by atoms with Gasteiger partial charge in [-0.3, -0.25) is 4.99 Å². The molecule has 0 aromatic heterocycles. The Morgan fingerprint density at radius 2 is 2.50 bits per heavy atom. The Hall–Kier alpha value is -0.570. The molecule has 1 fully saturated rings. The number of amidine groups is 1. The Kier molecular flexibility index (Phi) is 1.38. The second-order valence-corrected chi connectivity index (χ2v) is 2.91. The van der Waals surface area contributed by atoms with Gasteiger partial charge in [-0.1, -0.05) is 6.92 Å². The molecule has 0 spiro atoms. The van der Waals surface area contributed by atoms with E-state index in [0.29, 0.717) is 12.1 Å². The van der Waals surface area contributed by atoms with Crippen molar-refractivity contribution in [2.45, 2.75) is 25.4 Å². The second kappa shape index (κ2) is 2.23. The monoisotopic (exact) mass is 139 g/mol. The van der Waals surface area contributed by atoms with Crippen molar-refractivity contribution in [3.05, 3.63) is 0 Å². The maximum Gasteiger partial charge on any atom is 0.0968 e. The average molecular weight is 139 g/mol. The molecule has 2 atom stereocenters. The summed E-state index contributed by atoms with van der Waals surface area (Å²) >= 11 is 0. The molecule has 0 aromatic rings. The molecule has 2 rings (SSSR count). The van der Waals surface area contributed by atoms with Crippen molar-refractivity contribution >= 4 is 5.84 Å². The van der Waals surface area contributed by atoms with Crippen molar-refractivity contribution in [2.75, 3.05) is 13.1 Å². The third kappa shape index (κ3) is 0.814. The summed E-state index contributed by atoms with van der Waals surface area (Å²) in [5, 5.41) is 6.69. The molecule has 2 N–H and O–H groups in total. The van der Waals surface area contributed by atoms with E-state index in [4.69, 9.17) is 0 Å². The van der Waals surface area contributed by atoms with Gasteiger partial charge in [0.25, 0.3) is 0 Å². The van der Waals surface area contributed by atoms with Gasteiger partial charge >= 0.3 is 0 Å². The summed E-state index contributed by atoms with van der Waals surface area (Å²) in [7, 11) is 0. The summed E-state index contributed by atoms with van der Waals surface area (Å²) in [6.07, 6.45) is 1.05. The number of aliphatic imine (C=N–C) groups is 1. The third-order valence-electron chi connectivity index (χ3n) is 2.19. The molecule has 3 heteroatoms. The van der Waals surface area contributed by atoms with Crippen LogP contribution in [0.3, 0.4) is 0 Å². The first kappa shape index (κ1) is 6.16. The zero-order valence-electron chi connectivity index (χ0n) is 6.22. The zero-order chi connectivity index (χ0) is 6.97. The van der Waals surface area contributed by atoms with E-state index in [1.165, 1.54) is 5.84 Å². The molecule has 2 aliphatic rings. The van der Waals surface area contributed by atoms with Crippen LogP contribution >= 0.6 is 0 Å². The first-order valence-corrected chi connectivity index (χ1v) is 3.94. The van der Waals surface area contributed by atoms with Gasteiger partial charge in [-0.05, 0) is 0 Å². The third-order valence-corrected chi connectivity index (χ3v) is 2.19. The standard InChI is InChI=1S/C7H13N3/c1-2-7-9-5-3-8-4-6(5)10-7/h5-6,8H,2-4H2,1H3,(H,9,10). The Bertz CT molecular complexity index is 164. The van der Waals surface area contributed by atoms with E-state index in [-0.39, 0.29) is 0 Å². The van der Waals surface area contributed by atoms with Crippen molar-refractivity contribution in [2.24, 2.45) is 4.99 Å². The summed E-state index contributed by atoms with van der Waals surface area (Å²) < 4.78 is 0. The van der Waals surface area contributed by atoms with Crippen LogP contribution in [-0.4, -0.2) is 31.0 Å². The van der Waals surface area contributed by atoms with Crippen LogP contribution in [0.5, 0.6) is 0 Å². The Morgan fingerprint density at radius 1 is 1.60 bits per heavy atom. The number of nitrogens with zero attached hydrogens (tertiary/aromatic N) is 1. The lowest BCUT2D eigenvalue weighted by Gasteiger charge is -2.06. The predicted molar refractivity (Wildman–Crippen MR) is 41.3 cm³/mol. The summed E-state index contributed by atoms with van der Waals surface area (Å²) in [6.45, 7) is 4.28. The molecule has 0 bridgehead atoms. The predicted octanol–water partition coefficient (Wildman–Crippen LogP) is -0.262. The summed E-state index contributed by atoms with van der Waals surface area (Å²) in [5.41, 5.74) is 0. The minimum atomic E-state index is 0.523. The Morgan fingerprint density at radius 3 is 3.20 bits per heavy atom. The highest BCUT2D eigenvalue weighted by molar-refractivity contribution is 5.84. The van der Waals surface area contributed by atoms with Crippen LogP contribution in [0.1, 0.15) is 13.3 Å². The van der Waals surface area contributed by atoms with Crippen molar-refractivity contribution in [1.29, 1.82) is 0 Å². The van der Waals surface area contributed by atoms with Crippen molar-refractivity contribution in [3.63, 3.8) is 0 Å². The van der Waals surface area contributed by atoms with Crippen LogP contribution < -0.4 is 10.6 Å². The second-order valence-electron chi connectivity index (χ2n) is 2.91. The van der Waals surface area contributed by atoms with Gasteiger partial charge in [-0.2, -0.15) is 0 Å². The maximum absolute atomic E-state index is 4.51. The molecule has 0 radical (unpaired) electrons. The van der Waals surface area contributed by atoms with Crippen molar-refractivity contribution in [3.8, 4) is 0 Å². The topological polar surface area (TPSA) is 36.4 Å². The van der Waals surface area contributed by atoms with Crippen LogP contribution in [0, 0.1) is 0 Å². The van der Waals surface area contributed by atoms with Gasteiger partial charge in [-0.15, -0.1) is 0 Å². The van der Waals surface area contributed by atoms with E-state index >= 15 is 0 Å². The minimum absolute atomic E-state index is 0.523. The fourth-order valence-electron chi connectivity index (χ4n) is 1.59. The fourth-order valence-corrected chi connectivity index (χ4v) is 1.59. The molecular formula is C7H13N3. The van der Waals surface area contributed by atoms with E-state index in [1.807, 2.05) is 0 Å². The van der Waals surface area contributed by atoms with Gasteiger partial charge in [0.1, 0.15) is 0 Å². The summed E-state index contributed by atoms with van der Waals surface area (Å²) in [6, 6.07) is 1.12. The van der Waals surface area contributed by atoms with Crippen LogP contribution in [0.4, 0.5) is 0 Å². The SMILES string of the molecule is CCC1=NC2CNCC2N1. The normalized spacial score (nSPS) is 37.1. The largest absolute Gasteiger partial charge is 0.368 e. The van der Waals surface area contributed by atoms with E-state index in [0.717, 1.165) is 19.5 Å². The van der Waals surface area contributed by atoms with Gasteiger partial charge in [0.15, 0.2) is 0 Å². The van der Waals surface area contributed by atoms with Crippen LogP contribution in [0.2, 0.25) is 0 Å². The molecule has 0 aromatic carbocycles. The maximum atomic E-state index is 4.51. The fraction of sp³-hybridized carbons (Fsp3) is 0.857. The van der Waals surface area contributed by atoms with Gasteiger partial charge < -0.3 is 10.6 Å². The molecule has 0 aliphatic carbocycles. The average Bonchev–Trinajstić information content (AvgIpc) is 2.42. The van der Waals surface area contributed by atoms with Crippen LogP contribution in [0.15, 0.2) is 4.99 Å². The van der Waals surface area contributed by atoms with Crippen LogP contribution in [-0.2, 0) is 0 Å². The van der Waals surface area contributed by atoms with Gasteiger partial charge in [0, 0.05) is 19.5 Å². The van der Waals surface area contributed by atoms with E-state index in [2.05, 4.69) is 22.5 Å². The highest BCUT2D eigenvalue weighted by atomic mass is 15.2. The summed E-state index contributed by atoms with van der Waals surface area (Å²) in [5.74, 6) is 1.19. The van der Waals surface area contributed by atoms with E-state index in [9.17, 15) is 0 Å². The lowest BCUT2D eigenvalue weighted by molar-refractivity contribution is 0.635. The number of fused-ring (bicyclic) bond motifs is 1. The summed E-state index contributed by atoms with van der Waals surface area (Å²) in [4.78, 5) is 4.51. The van der Waals surface area contributed by atoms with E-state index < -0.39 is 0 Å². The van der Waals surface area contributed by atoms with Gasteiger partial charge in [-0.25, -0.2) is 0 Å². The lowest BCUT2D eigenvalue weighted by atomic mass is 10.2. The highest BCUT2D eigenvalue weighted by Gasteiger charge is 2.31. The zero-order valence-corrected chi connectivity index (χ0v) is 6.22. The Labute approximate surface area is 60.9 Å². The number of rotatable bonds is 1. The van der Waals surface area contributed by atoms with E-state index in [1.54, 1.807) is 0 Å². The first-order chi connectivity index (χ1) is 4.90. The molecule has 10 heavy (non-hydrogen) atoms. The Balaban J connectivity index is 2.06. The van der Waals surface area contributed by atoms with Crippen LogP contribution in [0.25, 0.3) is 0 Å². The molecule has 0 amide bonds. The molecule has 2 aliphatic heterocycles. The number of hydrogen-bond acceptors (Lipinski definition) is 3.